The van der Waals surface area contributed by atoms with Gasteiger partial charge in [0.2, 0.25) is 6.41 Å². The first-order valence-electron chi connectivity index (χ1n) is 9.47. The monoisotopic (exact) mass is 383 g/mol. The summed E-state index contributed by atoms with van der Waals surface area (Å²) in [6.45, 7) is 8.78. The highest BCUT2D eigenvalue weighted by Gasteiger charge is 2.12. The predicted molar refractivity (Wildman–Crippen MR) is 118 cm³/mol. The Labute approximate surface area is 164 Å². The van der Waals surface area contributed by atoms with E-state index in [1.807, 2.05) is 19.9 Å². The Morgan fingerprint density at radius 1 is 1.15 bits per heavy atom. The van der Waals surface area contributed by atoms with Crippen molar-refractivity contribution in [1.82, 2.24) is 15.0 Å². The summed E-state index contributed by atoms with van der Waals surface area (Å²) in [7, 11) is 2.74. The van der Waals surface area contributed by atoms with Crippen molar-refractivity contribution in [3.05, 3.63) is 70.9 Å². The first kappa shape index (κ1) is 21.1. The van der Waals surface area contributed by atoms with Crippen molar-refractivity contribution in [2.45, 2.75) is 40.3 Å². The van der Waals surface area contributed by atoms with Crippen molar-refractivity contribution in [3.8, 4) is 0 Å². The van der Waals surface area contributed by atoms with Gasteiger partial charge < -0.3 is 10.3 Å². The predicted octanol–water partition coefficient (Wildman–Crippen LogP) is 4.58. The number of aromatic nitrogens is 1. The molecule has 1 atom stereocenters. The fraction of sp³-hybridized carbons (Fsp3) is 0.318. The second-order valence-corrected chi connectivity index (χ2v) is 7.09. The van der Waals surface area contributed by atoms with E-state index in [2.05, 4.69) is 73.8 Å². The fourth-order valence-corrected chi connectivity index (χ4v) is 3.44. The minimum Gasteiger partial charge on any atom is -0.359 e. The van der Waals surface area contributed by atoms with Gasteiger partial charge in [0, 0.05) is 30.8 Å². The van der Waals surface area contributed by atoms with E-state index < -0.39 is 0 Å². The zero-order valence-electron chi connectivity index (χ0n) is 16.5. The number of nitrogens with one attached hydrogen (secondary N) is 2. The number of rotatable bonds is 3. The number of carbonyl (C=O) groups excluding carboxylic acids is 1. The van der Waals surface area contributed by atoms with Crippen LogP contribution in [0, 0.1) is 6.92 Å². The Morgan fingerprint density at radius 2 is 1.93 bits per heavy atom. The zero-order chi connectivity index (χ0) is 19.6. The molecule has 0 saturated carbocycles. The molecule has 144 valence electrons. The summed E-state index contributed by atoms with van der Waals surface area (Å²) in [5.74, 6) is 0. The average Bonchev–Trinajstić information content (AvgIpc) is 3.08. The Bertz CT molecular complexity index is 827. The van der Waals surface area contributed by atoms with Crippen LogP contribution in [0.4, 0.5) is 0 Å². The molecule has 1 unspecified atom stereocenters. The van der Waals surface area contributed by atoms with E-state index in [9.17, 15) is 4.79 Å². The minimum atomic E-state index is 0.626. The third-order valence-corrected chi connectivity index (χ3v) is 4.81. The first-order valence-corrected chi connectivity index (χ1v) is 9.99. The number of amides is 1. The van der Waals surface area contributed by atoms with Crippen LogP contribution in [0.2, 0.25) is 0 Å². The Kier molecular flexibility index (Phi) is 8.50. The smallest absolute Gasteiger partial charge is 0.207 e. The molecule has 1 amide bonds. The van der Waals surface area contributed by atoms with Crippen molar-refractivity contribution in [2.24, 2.45) is 0 Å². The van der Waals surface area contributed by atoms with Crippen molar-refractivity contribution in [1.29, 1.82) is 0 Å². The van der Waals surface area contributed by atoms with E-state index >= 15 is 0 Å². The summed E-state index contributed by atoms with van der Waals surface area (Å²) in [5.41, 5.74) is 6.43. The number of hydrogen-bond acceptors (Lipinski definition) is 2. The molecule has 1 aliphatic rings. The van der Waals surface area contributed by atoms with Gasteiger partial charge in [0.05, 0.1) is 0 Å². The summed E-state index contributed by atoms with van der Waals surface area (Å²) in [6.07, 6.45) is 1.83. The molecule has 3 aromatic rings. The number of carbonyl (C=O) groups is 1. The average molecular weight is 383 g/mol. The minimum absolute atomic E-state index is 0.626. The Hall–Kier alpha value is -2.16. The number of fused-ring (bicyclic) bond motifs is 2. The molecular weight excluding hydrogens is 353 g/mol. The highest BCUT2D eigenvalue weighted by Crippen LogP contribution is 2.22. The van der Waals surface area contributed by atoms with E-state index in [-0.39, 0.29) is 0 Å². The normalized spacial score (nSPS) is 12.9. The van der Waals surface area contributed by atoms with Gasteiger partial charge >= 0.3 is 0 Å². The lowest BCUT2D eigenvalue weighted by molar-refractivity contribution is -0.109. The van der Waals surface area contributed by atoms with Crippen LogP contribution in [0.1, 0.15) is 36.2 Å². The molecule has 1 aromatic heterocycles. The van der Waals surface area contributed by atoms with Crippen LogP contribution in [0.25, 0.3) is 10.9 Å². The number of H-pyrrole nitrogens is 1. The van der Waals surface area contributed by atoms with Crippen LogP contribution in [-0.4, -0.2) is 22.6 Å². The zero-order valence-corrected chi connectivity index (χ0v) is 17.6. The number of aryl methyl sites for hydroxylation is 1. The van der Waals surface area contributed by atoms with Gasteiger partial charge in [-0.25, -0.2) is 0 Å². The second kappa shape index (κ2) is 10.9. The van der Waals surface area contributed by atoms with Crippen LogP contribution < -0.4 is 5.32 Å². The van der Waals surface area contributed by atoms with Crippen LogP contribution in [0.3, 0.4) is 0 Å². The van der Waals surface area contributed by atoms with E-state index in [4.69, 9.17) is 0 Å². The lowest BCUT2D eigenvalue weighted by atomic mass is 9.98. The standard InChI is InChI=1S/C11H15N2OP.C9H9N.C2H6/c14-8-12-6-9-1-2-11-7-13(15)4-3-10(11)5-9;1-7-6-8-4-2-3-5-9(8)10-7;1-2/h1-2,5,8H,3-4,6-7,15H2,(H,12,14);2-6,10H,1H3;1-2H3. The van der Waals surface area contributed by atoms with E-state index in [0.717, 1.165) is 25.9 Å². The number of nitrogens with zero attached hydrogens (tertiary/aromatic N) is 1. The van der Waals surface area contributed by atoms with Gasteiger partial charge in [-0.1, -0.05) is 59.6 Å². The molecular formula is C22H30N3OP. The molecule has 27 heavy (non-hydrogen) atoms. The summed E-state index contributed by atoms with van der Waals surface area (Å²) >= 11 is 0. The lowest BCUT2D eigenvalue weighted by Gasteiger charge is -2.25. The van der Waals surface area contributed by atoms with Crippen LogP contribution in [0.15, 0.2) is 48.5 Å². The summed E-state index contributed by atoms with van der Waals surface area (Å²) in [6, 6.07) is 16.9. The summed E-state index contributed by atoms with van der Waals surface area (Å²) in [4.78, 5) is 13.4. The fourth-order valence-electron chi connectivity index (χ4n) is 3.12. The van der Waals surface area contributed by atoms with Crippen molar-refractivity contribution >= 4 is 26.7 Å². The quantitative estimate of drug-likeness (QED) is 0.514. The Morgan fingerprint density at radius 3 is 2.67 bits per heavy atom. The molecule has 2 heterocycles. The molecule has 0 bridgehead atoms. The maximum absolute atomic E-state index is 10.2. The van der Waals surface area contributed by atoms with Crippen molar-refractivity contribution < 1.29 is 4.79 Å². The first-order chi connectivity index (χ1) is 13.2. The van der Waals surface area contributed by atoms with E-state index in [0.29, 0.717) is 6.54 Å². The number of para-hydroxylation sites is 1. The van der Waals surface area contributed by atoms with E-state index in [1.165, 1.54) is 33.3 Å². The second-order valence-electron chi connectivity index (χ2n) is 6.36. The largest absolute Gasteiger partial charge is 0.359 e. The SMILES string of the molecule is CC.Cc1cc2ccccc2[nH]1.O=CNCc1ccc2c(c1)CCN(P)C2. The van der Waals surface area contributed by atoms with Gasteiger partial charge in [-0.3, -0.25) is 9.46 Å². The van der Waals surface area contributed by atoms with Gasteiger partial charge in [0.15, 0.2) is 0 Å². The van der Waals surface area contributed by atoms with Crippen molar-refractivity contribution in [2.75, 3.05) is 6.54 Å². The molecule has 5 heteroatoms. The van der Waals surface area contributed by atoms with Crippen LogP contribution in [-0.2, 0) is 24.3 Å². The molecule has 0 fully saturated rings. The Balaban J connectivity index is 0.000000189. The third-order valence-electron chi connectivity index (χ3n) is 4.37. The highest BCUT2D eigenvalue weighted by atomic mass is 31.0. The molecule has 4 nitrogen and oxygen atoms in total. The van der Waals surface area contributed by atoms with Crippen LogP contribution in [0.5, 0.6) is 0 Å². The highest BCUT2D eigenvalue weighted by molar-refractivity contribution is 7.13. The summed E-state index contributed by atoms with van der Waals surface area (Å²) in [5, 5.41) is 3.98. The van der Waals surface area contributed by atoms with E-state index in [1.54, 1.807) is 0 Å². The molecule has 0 radical (unpaired) electrons. The summed E-state index contributed by atoms with van der Waals surface area (Å²) < 4.78 is 2.24. The molecule has 2 aromatic carbocycles. The molecule has 0 aliphatic carbocycles. The van der Waals surface area contributed by atoms with Gasteiger partial charge in [0.1, 0.15) is 0 Å². The lowest BCUT2D eigenvalue weighted by Crippen LogP contribution is -2.22. The molecule has 0 saturated heterocycles. The number of hydrogen-bond donors (Lipinski definition) is 2. The molecule has 4 rings (SSSR count). The number of aromatic amines is 1. The third kappa shape index (κ3) is 6.20. The maximum atomic E-state index is 10.2. The van der Waals surface area contributed by atoms with Gasteiger partial charge in [0.25, 0.3) is 0 Å². The topological polar surface area (TPSA) is 48.1 Å². The number of benzene rings is 2. The molecule has 0 spiro atoms. The van der Waals surface area contributed by atoms with Crippen molar-refractivity contribution in [3.63, 3.8) is 0 Å². The molecule has 2 N–H and O–H groups in total. The van der Waals surface area contributed by atoms with Gasteiger partial charge in [-0.2, -0.15) is 0 Å². The van der Waals surface area contributed by atoms with Crippen LogP contribution >= 0.6 is 9.39 Å². The maximum Gasteiger partial charge on any atom is 0.207 e. The van der Waals surface area contributed by atoms with Gasteiger partial charge in [-0.15, -0.1) is 0 Å². The molecule has 1 aliphatic heterocycles. The van der Waals surface area contributed by atoms with Gasteiger partial charge in [-0.05, 0) is 47.6 Å².